The molecule has 1 unspecified atom stereocenters. The molecule has 0 radical (unpaired) electrons. The van der Waals surface area contributed by atoms with Crippen LogP contribution in [0.2, 0.25) is 0 Å². The Labute approximate surface area is 137 Å². The first-order chi connectivity index (χ1) is 11.0. The van der Waals surface area contributed by atoms with E-state index in [1.54, 1.807) is 6.92 Å². The smallest absolute Gasteiger partial charge is 0.224 e. The molecule has 1 aromatic heterocycles. The summed E-state index contributed by atoms with van der Waals surface area (Å²) in [7, 11) is 0. The number of hydrogen-bond acceptors (Lipinski definition) is 3. The van der Waals surface area contributed by atoms with Gasteiger partial charge in [-0.3, -0.25) is 9.78 Å². The lowest BCUT2D eigenvalue weighted by Gasteiger charge is -2.44. The van der Waals surface area contributed by atoms with Crippen molar-refractivity contribution in [1.29, 1.82) is 0 Å². The Kier molecular flexibility index (Phi) is 4.07. The molecule has 0 bridgehead atoms. The molecule has 4 heteroatoms. The van der Waals surface area contributed by atoms with Crippen LogP contribution >= 0.6 is 0 Å². The van der Waals surface area contributed by atoms with Crippen molar-refractivity contribution in [2.24, 2.45) is 5.92 Å². The molecule has 1 amide bonds. The van der Waals surface area contributed by atoms with Gasteiger partial charge in [-0.25, -0.2) is 0 Å². The van der Waals surface area contributed by atoms with Gasteiger partial charge in [0.2, 0.25) is 5.91 Å². The first-order valence-electron chi connectivity index (χ1n) is 8.07. The van der Waals surface area contributed by atoms with Crippen molar-refractivity contribution >= 4 is 17.3 Å². The minimum atomic E-state index is 0.0926. The number of rotatable bonds is 2. The minimum absolute atomic E-state index is 0.0926. The highest BCUT2D eigenvalue weighted by Gasteiger charge is 2.37. The van der Waals surface area contributed by atoms with E-state index in [9.17, 15) is 4.79 Å². The Morgan fingerprint density at radius 2 is 1.96 bits per heavy atom. The minimum Gasteiger partial charge on any atom is -0.378 e. The SMILES string of the molecule is CC(=O)N1c2ccccc2C(Nc2ccnc(C)c2)[C@@H](C)[C@@H]1C. The maximum Gasteiger partial charge on any atom is 0.224 e. The van der Waals surface area contributed by atoms with E-state index in [-0.39, 0.29) is 18.0 Å². The summed E-state index contributed by atoms with van der Waals surface area (Å²) >= 11 is 0. The number of fused-ring (bicyclic) bond motifs is 1. The standard InChI is InChI=1S/C19H23N3O/c1-12-11-16(9-10-20-12)21-19-13(2)14(3)22(15(4)23)18-8-6-5-7-17(18)19/h5-11,13-14,19H,1-4H3,(H,20,21)/t13-,14-,19?/m0/s1. The number of pyridine rings is 1. The van der Waals surface area contributed by atoms with Crippen LogP contribution in [0.25, 0.3) is 0 Å². The van der Waals surface area contributed by atoms with E-state index in [1.807, 2.05) is 42.3 Å². The fourth-order valence-corrected chi connectivity index (χ4v) is 3.47. The fourth-order valence-electron chi connectivity index (χ4n) is 3.47. The van der Waals surface area contributed by atoms with Gasteiger partial charge in [0.1, 0.15) is 0 Å². The maximum atomic E-state index is 12.1. The highest BCUT2D eigenvalue weighted by atomic mass is 16.2. The molecule has 3 rings (SSSR count). The number of carbonyl (C=O) groups excluding carboxylic acids is 1. The van der Waals surface area contributed by atoms with Crippen LogP contribution in [0.1, 0.15) is 38.1 Å². The summed E-state index contributed by atoms with van der Waals surface area (Å²) in [4.78, 5) is 18.3. The number of nitrogens with one attached hydrogen (secondary N) is 1. The van der Waals surface area contributed by atoms with Crippen LogP contribution in [0.4, 0.5) is 11.4 Å². The van der Waals surface area contributed by atoms with Crippen LogP contribution in [0.15, 0.2) is 42.6 Å². The van der Waals surface area contributed by atoms with Gasteiger partial charge in [-0.05, 0) is 37.6 Å². The normalized spacial score (nSPS) is 23.3. The molecule has 0 spiro atoms. The number of benzene rings is 1. The monoisotopic (exact) mass is 309 g/mol. The van der Waals surface area contributed by atoms with Crippen molar-refractivity contribution in [3.05, 3.63) is 53.9 Å². The van der Waals surface area contributed by atoms with Crippen molar-refractivity contribution in [1.82, 2.24) is 4.98 Å². The molecule has 2 heterocycles. The van der Waals surface area contributed by atoms with E-state index in [0.29, 0.717) is 5.92 Å². The largest absolute Gasteiger partial charge is 0.378 e. The Balaban J connectivity index is 2.03. The van der Waals surface area contributed by atoms with Gasteiger partial charge < -0.3 is 10.2 Å². The molecule has 120 valence electrons. The Morgan fingerprint density at radius 3 is 2.65 bits per heavy atom. The molecule has 0 saturated carbocycles. The number of nitrogens with zero attached hydrogens (tertiary/aromatic N) is 2. The van der Waals surface area contributed by atoms with Gasteiger partial charge in [-0.2, -0.15) is 0 Å². The number of amides is 1. The maximum absolute atomic E-state index is 12.1. The van der Waals surface area contributed by atoms with Crippen molar-refractivity contribution in [3.8, 4) is 0 Å². The third-order valence-corrected chi connectivity index (χ3v) is 4.78. The number of carbonyl (C=O) groups is 1. The zero-order chi connectivity index (χ0) is 16.6. The zero-order valence-corrected chi connectivity index (χ0v) is 14.1. The molecule has 0 saturated heterocycles. The van der Waals surface area contributed by atoms with Crippen LogP contribution in [0.3, 0.4) is 0 Å². The van der Waals surface area contributed by atoms with Gasteiger partial charge in [-0.15, -0.1) is 0 Å². The fraction of sp³-hybridized carbons (Fsp3) is 0.368. The van der Waals surface area contributed by atoms with Gasteiger partial charge in [0.05, 0.1) is 6.04 Å². The van der Waals surface area contributed by atoms with Gasteiger partial charge in [0.25, 0.3) is 0 Å². The van der Waals surface area contributed by atoms with Gasteiger partial charge in [0, 0.05) is 42.1 Å². The Morgan fingerprint density at radius 1 is 1.22 bits per heavy atom. The molecule has 1 N–H and O–H groups in total. The molecule has 3 atom stereocenters. The van der Waals surface area contributed by atoms with Crippen molar-refractivity contribution in [2.75, 3.05) is 10.2 Å². The van der Waals surface area contributed by atoms with Gasteiger partial charge in [0.15, 0.2) is 0 Å². The van der Waals surface area contributed by atoms with Crippen molar-refractivity contribution in [3.63, 3.8) is 0 Å². The van der Waals surface area contributed by atoms with E-state index in [0.717, 1.165) is 17.1 Å². The molecule has 1 aliphatic rings. The summed E-state index contributed by atoms with van der Waals surface area (Å²) in [5.41, 5.74) is 4.23. The zero-order valence-electron chi connectivity index (χ0n) is 14.1. The van der Waals surface area contributed by atoms with E-state index < -0.39 is 0 Å². The van der Waals surface area contributed by atoms with Crippen molar-refractivity contribution in [2.45, 2.75) is 39.8 Å². The molecule has 23 heavy (non-hydrogen) atoms. The Hall–Kier alpha value is -2.36. The van der Waals surface area contributed by atoms with E-state index in [2.05, 4.69) is 36.3 Å². The third-order valence-electron chi connectivity index (χ3n) is 4.78. The van der Waals surface area contributed by atoms with Crippen LogP contribution in [0.5, 0.6) is 0 Å². The van der Waals surface area contributed by atoms with Crippen molar-refractivity contribution < 1.29 is 4.79 Å². The lowest BCUT2D eigenvalue weighted by atomic mass is 9.82. The second-order valence-electron chi connectivity index (χ2n) is 6.36. The lowest BCUT2D eigenvalue weighted by molar-refractivity contribution is -0.117. The second-order valence-corrected chi connectivity index (χ2v) is 6.36. The highest BCUT2D eigenvalue weighted by molar-refractivity contribution is 5.93. The van der Waals surface area contributed by atoms with E-state index in [1.165, 1.54) is 5.56 Å². The number of aryl methyl sites for hydroxylation is 1. The van der Waals surface area contributed by atoms with E-state index >= 15 is 0 Å². The predicted octanol–water partition coefficient (Wildman–Crippen LogP) is 3.93. The third kappa shape index (κ3) is 2.81. The van der Waals surface area contributed by atoms with Crippen LogP contribution in [-0.4, -0.2) is 16.9 Å². The first-order valence-corrected chi connectivity index (χ1v) is 8.07. The summed E-state index contributed by atoms with van der Waals surface area (Å²) in [5.74, 6) is 0.386. The number of anilines is 2. The van der Waals surface area contributed by atoms with E-state index in [4.69, 9.17) is 0 Å². The van der Waals surface area contributed by atoms with Crippen LogP contribution < -0.4 is 10.2 Å². The summed E-state index contributed by atoms with van der Waals surface area (Å²) in [6.45, 7) is 7.94. The van der Waals surface area contributed by atoms with Crippen LogP contribution in [0, 0.1) is 12.8 Å². The summed E-state index contributed by atoms with van der Waals surface area (Å²) < 4.78 is 0. The van der Waals surface area contributed by atoms with Gasteiger partial charge >= 0.3 is 0 Å². The topological polar surface area (TPSA) is 45.2 Å². The summed E-state index contributed by atoms with van der Waals surface area (Å²) in [5, 5.41) is 3.64. The molecule has 1 aromatic carbocycles. The predicted molar refractivity (Wildman–Crippen MR) is 93.6 cm³/mol. The average Bonchev–Trinajstić information content (AvgIpc) is 2.51. The molecular formula is C19H23N3O. The highest BCUT2D eigenvalue weighted by Crippen LogP contribution is 2.42. The summed E-state index contributed by atoms with van der Waals surface area (Å²) in [6.07, 6.45) is 1.82. The molecule has 1 aliphatic heterocycles. The molecular weight excluding hydrogens is 286 g/mol. The number of hydrogen-bond donors (Lipinski definition) is 1. The molecule has 0 aliphatic carbocycles. The second kappa shape index (κ2) is 6.03. The van der Waals surface area contributed by atoms with Crippen LogP contribution in [-0.2, 0) is 4.79 Å². The molecule has 2 aromatic rings. The number of aromatic nitrogens is 1. The molecule has 0 fully saturated rings. The summed E-state index contributed by atoms with van der Waals surface area (Å²) in [6, 6.07) is 12.5. The van der Waals surface area contributed by atoms with Gasteiger partial charge in [-0.1, -0.05) is 25.1 Å². The lowest BCUT2D eigenvalue weighted by Crippen LogP contribution is -2.48. The molecule has 4 nitrogen and oxygen atoms in total. The first kappa shape index (κ1) is 15.5. The Bertz CT molecular complexity index is 728. The average molecular weight is 309 g/mol. The number of para-hydroxylation sites is 1. The quantitative estimate of drug-likeness (QED) is 0.914.